The summed E-state index contributed by atoms with van der Waals surface area (Å²) in [6.07, 6.45) is 10.7. The zero-order chi connectivity index (χ0) is 28.5. The molecule has 0 aromatic carbocycles. The third kappa shape index (κ3) is 5.78. The maximum absolute atomic E-state index is 12.4. The molecule has 0 aromatic heterocycles. The number of Topliss-reactive ketones (excluding diaryl/α,β-unsaturated/α-hetero) is 1. The van der Waals surface area contributed by atoms with Crippen molar-refractivity contribution in [1.29, 1.82) is 0 Å². The second kappa shape index (κ2) is 11.4. The molecule has 0 unspecified atom stereocenters. The van der Waals surface area contributed by atoms with Gasteiger partial charge in [0.25, 0.3) is 5.91 Å². The van der Waals surface area contributed by atoms with Gasteiger partial charge in [-0.25, -0.2) is 4.79 Å². The number of hydrogen-bond acceptors (Lipinski definition) is 6. The van der Waals surface area contributed by atoms with E-state index in [0.29, 0.717) is 23.5 Å². The van der Waals surface area contributed by atoms with Crippen LogP contribution >= 0.6 is 0 Å². The largest absolute Gasteiger partial charge is 0.480 e. The van der Waals surface area contributed by atoms with E-state index in [9.17, 15) is 24.3 Å². The first-order chi connectivity index (χ1) is 18.4. The first-order valence-electron chi connectivity index (χ1n) is 14.6. The average molecular weight is 544 g/mol. The average Bonchev–Trinajstić information content (AvgIpc) is 3.23. The third-order valence-corrected chi connectivity index (χ3v) is 10.5. The molecule has 9 heteroatoms. The van der Waals surface area contributed by atoms with Crippen LogP contribution in [0.25, 0.3) is 0 Å². The number of aliphatic carboxylic acids is 1. The van der Waals surface area contributed by atoms with Crippen LogP contribution in [0.15, 0.2) is 16.8 Å². The minimum atomic E-state index is -1.11. The predicted octanol–water partition coefficient (Wildman–Crippen LogP) is 3.87. The van der Waals surface area contributed by atoms with Crippen LogP contribution in [0.1, 0.15) is 86.0 Å². The molecule has 3 fully saturated rings. The molecule has 4 aliphatic rings. The van der Waals surface area contributed by atoms with E-state index in [1.54, 1.807) is 20.8 Å². The molecule has 0 spiro atoms. The van der Waals surface area contributed by atoms with E-state index in [1.807, 2.05) is 0 Å². The van der Waals surface area contributed by atoms with Crippen LogP contribution in [0.4, 0.5) is 0 Å². The van der Waals surface area contributed by atoms with E-state index in [1.165, 1.54) is 18.4 Å². The second-order valence-electron chi connectivity index (χ2n) is 13.0. The molecule has 216 valence electrons. The Morgan fingerprint density at radius 3 is 2.46 bits per heavy atom. The summed E-state index contributed by atoms with van der Waals surface area (Å²) in [6.45, 7) is 9.33. The summed E-state index contributed by atoms with van der Waals surface area (Å²) in [7, 11) is 0. The van der Waals surface area contributed by atoms with Crippen LogP contribution in [0.5, 0.6) is 0 Å². The van der Waals surface area contributed by atoms with Crippen molar-refractivity contribution >= 4 is 29.3 Å². The Kier molecular flexibility index (Phi) is 8.57. The van der Waals surface area contributed by atoms with Gasteiger partial charge in [0, 0.05) is 5.92 Å². The summed E-state index contributed by atoms with van der Waals surface area (Å²) in [5, 5.41) is 18.3. The van der Waals surface area contributed by atoms with Crippen LogP contribution in [0, 0.1) is 40.4 Å². The van der Waals surface area contributed by atoms with E-state index >= 15 is 0 Å². The van der Waals surface area contributed by atoms with Crippen LogP contribution in [0.2, 0.25) is 0 Å². The minimum absolute atomic E-state index is 0.145. The number of amides is 2. The standard InChI is InChI=1S/C30H45N3O6/c1-17(2)27(28(37)38)32-25(35)15-31-26(36)16-39-33-20-10-12-29(4)19(14-20)6-7-21-23-9-8-22(18(3)34)30(23,5)13-11-24(21)29/h14,17,21-24,27H,6-13,15-16H2,1-5H3,(H,31,36)(H,32,35)(H,37,38)/t21-,22+,23-,24-,27+,29-,30+/m0/s1. The topological polar surface area (TPSA) is 134 Å². The van der Waals surface area contributed by atoms with Crippen molar-refractivity contribution in [3.63, 3.8) is 0 Å². The molecule has 9 nitrogen and oxygen atoms in total. The van der Waals surface area contributed by atoms with Gasteiger partial charge in [-0.2, -0.15) is 0 Å². The maximum atomic E-state index is 12.4. The molecule has 7 atom stereocenters. The molecule has 0 saturated heterocycles. The van der Waals surface area contributed by atoms with Crippen molar-refractivity contribution < 1.29 is 29.1 Å². The van der Waals surface area contributed by atoms with Gasteiger partial charge in [0.15, 0.2) is 6.61 Å². The monoisotopic (exact) mass is 543 g/mol. The highest BCUT2D eigenvalue weighted by Crippen LogP contribution is 2.66. The molecule has 0 heterocycles. The number of carboxylic acid groups (broad SMARTS) is 1. The van der Waals surface area contributed by atoms with E-state index in [0.717, 1.165) is 44.2 Å². The van der Waals surface area contributed by atoms with Crippen LogP contribution in [0.3, 0.4) is 0 Å². The van der Waals surface area contributed by atoms with Crippen molar-refractivity contribution in [3.8, 4) is 0 Å². The van der Waals surface area contributed by atoms with Crippen molar-refractivity contribution in [1.82, 2.24) is 10.6 Å². The molecule has 2 amide bonds. The molecular formula is C30H45N3O6. The molecule has 3 saturated carbocycles. The highest BCUT2D eigenvalue weighted by molar-refractivity contribution is 5.96. The Morgan fingerprint density at radius 2 is 1.79 bits per heavy atom. The second-order valence-corrected chi connectivity index (χ2v) is 13.0. The number of allylic oxidation sites excluding steroid dienone is 2. The van der Waals surface area contributed by atoms with Crippen LogP contribution in [-0.2, 0) is 24.0 Å². The fourth-order valence-electron chi connectivity index (χ4n) is 8.45. The van der Waals surface area contributed by atoms with Gasteiger partial charge in [-0.3, -0.25) is 14.4 Å². The lowest BCUT2D eigenvalue weighted by Gasteiger charge is -2.58. The number of ketones is 1. The fourth-order valence-corrected chi connectivity index (χ4v) is 8.45. The molecular weight excluding hydrogens is 498 g/mol. The van der Waals surface area contributed by atoms with Gasteiger partial charge < -0.3 is 20.6 Å². The van der Waals surface area contributed by atoms with Crippen LogP contribution in [-0.4, -0.2) is 53.6 Å². The quantitative estimate of drug-likeness (QED) is 0.378. The Labute approximate surface area is 231 Å². The lowest BCUT2D eigenvalue weighted by Crippen LogP contribution is -2.51. The van der Waals surface area contributed by atoms with E-state index in [-0.39, 0.29) is 35.8 Å². The van der Waals surface area contributed by atoms with Gasteiger partial charge in [-0.1, -0.05) is 38.4 Å². The van der Waals surface area contributed by atoms with E-state index in [4.69, 9.17) is 4.84 Å². The summed E-state index contributed by atoms with van der Waals surface area (Å²) in [5.74, 6) is 0.0981. The Hall–Kier alpha value is -2.71. The van der Waals surface area contributed by atoms with Gasteiger partial charge in [0.05, 0.1) is 12.3 Å². The summed E-state index contributed by atoms with van der Waals surface area (Å²) >= 11 is 0. The number of hydrogen-bond donors (Lipinski definition) is 3. The van der Waals surface area contributed by atoms with E-state index < -0.39 is 23.8 Å². The Morgan fingerprint density at radius 1 is 1.05 bits per heavy atom. The molecule has 0 aromatic rings. The zero-order valence-corrected chi connectivity index (χ0v) is 24.0. The van der Waals surface area contributed by atoms with Crippen molar-refractivity contribution in [2.45, 2.75) is 92.0 Å². The number of carbonyl (C=O) groups is 4. The Balaban J connectivity index is 1.30. The lowest BCUT2D eigenvalue weighted by molar-refractivity contribution is -0.143. The molecule has 4 aliphatic carbocycles. The fraction of sp³-hybridized carbons (Fsp3) is 0.767. The number of carbonyl (C=O) groups excluding carboxylic acids is 3. The first-order valence-corrected chi connectivity index (χ1v) is 14.6. The number of fused-ring (bicyclic) bond motifs is 5. The predicted molar refractivity (Wildman–Crippen MR) is 147 cm³/mol. The number of carboxylic acids is 1. The molecule has 0 aliphatic heterocycles. The molecule has 39 heavy (non-hydrogen) atoms. The molecule has 0 bridgehead atoms. The number of oxime groups is 1. The van der Waals surface area contributed by atoms with Gasteiger partial charge >= 0.3 is 5.97 Å². The third-order valence-electron chi connectivity index (χ3n) is 10.5. The van der Waals surface area contributed by atoms with Gasteiger partial charge in [-0.15, -0.1) is 0 Å². The Bertz CT molecular complexity index is 1070. The normalized spacial score (nSPS) is 35.2. The number of rotatable bonds is 9. The highest BCUT2D eigenvalue weighted by atomic mass is 16.6. The lowest BCUT2D eigenvalue weighted by atomic mass is 9.46. The summed E-state index contributed by atoms with van der Waals surface area (Å²) in [4.78, 5) is 53.0. The summed E-state index contributed by atoms with van der Waals surface area (Å²) in [5.41, 5.74) is 2.58. The van der Waals surface area contributed by atoms with Gasteiger partial charge in [-0.05, 0) is 98.9 Å². The highest BCUT2D eigenvalue weighted by Gasteiger charge is 2.59. The first kappa shape index (κ1) is 29.3. The van der Waals surface area contributed by atoms with Crippen molar-refractivity contribution in [2.75, 3.05) is 13.2 Å². The number of nitrogens with zero attached hydrogens (tertiary/aromatic N) is 1. The molecule has 3 N–H and O–H groups in total. The smallest absolute Gasteiger partial charge is 0.326 e. The van der Waals surface area contributed by atoms with Crippen LogP contribution < -0.4 is 10.6 Å². The maximum Gasteiger partial charge on any atom is 0.326 e. The zero-order valence-electron chi connectivity index (χ0n) is 24.0. The van der Waals surface area contributed by atoms with Crippen molar-refractivity contribution in [3.05, 3.63) is 11.6 Å². The minimum Gasteiger partial charge on any atom is -0.480 e. The van der Waals surface area contributed by atoms with Gasteiger partial charge in [0.2, 0.25) is 5.91 Å². The molecule has 4 rings (SSSR count). The number of nitrogens with one attached hydrogen (secondary N) is 2. The SMILES string of the molecule is CC(=O)[C@H]1CC[C@H]2[C@@H]3CCC4=CC(=NOCC(=O)NCC(=O)N[C@@H](C(=O)O)C(C)C)CC[C@]4(C)[C@H]3CC[C@]12C. The summed E-state index contributed by atoms with van der Waals surface area (Å²) in [6, 6.07) is -1.01. The molecule has 0 radical (unpaired) electrons. The van der Waals surface area contributed by atoms with Gasteiger partial charge in [0.1, 0.15) is 11.8 Å². The van der Waals surface area contributed by atoms with E-state index in [2.05, 4.69) is 35.7 Å². The van der Waals surface area contributed by atoms with Crippen molar-refractivity contribution in [2.24, 2.45) is 45.6 Å². The summed E-state index contributed by atoms with van der Waals surface area (Å²) < 4.78 is 0.